The van der Waals surface area contributed by atoms with E-state index in [2.05, 4.69) is 21.4 Å². The summed E-state index contributed by atoms with van der Waals surface area (Å²) in [4.78, 5) is 34.6. The number of esters is 1. The molecular formula is C28H26N6O3. The monoisotopic (exact) mass is 494 g/mol. The van der Waals surface area contributed by atoms with Gasteiger partial charge in [0.15, 0.2) is 6.73 Å². The average Bonchev–Trinajstić information content (AvgIpc) is 3.25. The summed E-state index contributed by atoms with van der Waals surface area (Å²) in [5.41, 5.74) is 4.98. The molecule has 0 saturated heterocycles. The molecule has 0 aliphatic heterocycles. The molecule has 0 bridgehead atoms. The van der Waals surface area contributed by atoms with E-state index in [0.29, 0.717) is 23.4 Å². The van der Waals surface area contributed by atoms with E-state index in [1.807, 2.05) is 49.5 Å². The van der Waals surface area contributed by atoms with E-state index >= 15 is 0 Å². The minimum Gasteiger partial charge on any atom is -0.444 e. The van der Waals surface area contributed by atoms with Gasteiger partial charge >= 0.3 is 5.97 Å². The minimum absolute atomic E-state index is 0.0144. The lowest BCUT2D eigenvalue weighted by Gasteiger charge is -2.08. The van der Waals surface area contributed by atoms with Crippen LogP contribution in [0.4, 0.5) is 5.69 Å². The number of hydrogen-bond donors (Lipinski definition) is 1. The van der Waals surface area contributed by atoms with Crippen LogP contribution in [0.25, 0.3) is 33.3 Å². The molecule has 0 spiro atoms. The number of nitriles is 1. The van der Waals surface area contributed by atoms with Crippen molar-refractivity contribution in [3.8, 4) is 28.3 Å². The summed E-state index contributed by atoms with van der Waals surface area (Å²) in [6, 6.07) is 13.3. The zero-order valence-electron chi connectivity index (χ0n) is 20.8. The third-order valence-corrected chi connectivity index (χ3v) is 5.50. The van der Waals surface area contributed by atoms with Crippen molar-refractivity contribution in [1.82, 2.24) is 19.4 Å². The second kappa shape index (κ2) is 11.3. The van der Waals surface area contributed by atoms with E-state index in [0.717, 1.165) is 27.6 Å². The van der Waals surface area contributed by atoms with Crippen LogP contribution in [-0.2, 0) is 21.1 Å². The molecule has 4 rings (SSSR count). The van der Waals surface area contributed by atoms with Crippen molar-refractivity contribution >= 4 is 28.6 Å². The van der Waals surface area contributed by atoms with E-state index in [1.165, 1.54) is 13.0 Å². The van der Waals surface area contributed by atoms with Gasteiger partial charge in [-0.25, -0.2) is 4.98 Å². The molecule has 3 aromatic heterocycles. The van der Waals surface area contributed by atoms with Gasteiger partial charge in [0.05, 0.1) is 23.5 Å². The van der Waals surface area contributed by atoms with Crippen molar-refractivity contribution in [2.45, 2.75) is 13.7 Å². The topological polar surface area (TPSA) is 113 Å². The smallest absolute Gasteiger partial charge is 0.304 e. The van der Waals surface area contributed by atoms with Gasteiger partial charge in [-0.1, -0.05) is 18.2 Å². The maximum Gasteiger partial charge on any atom is 0.304 e. The zero-order chi connectivity index (χ0) is 26.4. The zero-order valence-corrected chi connectivity index (χ0v) is 20.8. The number of pyridine rings is 2. The summed E-state index contributed by atoms with van der Waals surface area (Å²) in [6.07, 6.45) is 10.1. The minimum atomic E-state index is -0.395. The van der Waals surface area contributed by atoms with Gasteiger partial charge in [-0.05, 0) is 43.9 Å². The van der Waals surface area contributed by atoms with E-state index in [-0.39, 0.29) is 12.6 Å². The van der Waals surface area contributed by atoms with Gasteiger partial charge in [-0.15, -0.1) is 0 Å². The van der Waals surface area contributed by atoms with Crippen LogP contribution in [0.15, 0.2) is 73.3 Å². The van der Waals surface area contributed by atoms with Crippen molar-refractivity contribution < 1.29 is 14.3 Å². The van der Waals surface area contributed by atoms with Crippen molar-refractivity contribution in [3.05, 3.63) is 78.9 Å². The number of ether oxygens (including phenoxy) is 1. The number of hydrogen-bond acceptors (Lipinski definition) is 7. The molecule has 0 atom stereocenters. The van der Waals surface area contributed by atoms with E-state index in [1.54, 1.807) is 41.4 Å². The summed E-state index contributed by atoms with van der Waals surface area (Å²) in [5.74, 6) is -0.635. The van der Waals surface area contributed by atoms with Crippen LogP contribution in [-0.4, -0.2) is 52.0 Å². The first kappa shape index (κ1) is 25.3. The Morgan fingerprint density at radius 1 is 1.14 bits per heavy atom. The molecule has 37 heavy (non-hydrogen) atoms. The lowest BCUT2D eigenvalue weighted by atomic mass is 10.0. The van der Waals surface area contributed by atoms with Crippen LogP contribution in [0, 0.1) is 11.3 Å². The van der Waals surface area contributed by atoms with Gasteiger partial charge in [-0.3, -0.25) is 19.1 Å². The third-order valence-electron chi connectivity index (χ3n) is 5.50. The summed E-state index contributed by atoms with van der Waals surface area (Å²) in [5, 5.41) is 13.0. The highest BCUT2D eigenvalue weighted by Crippen LogP contribution is 2.33. The number of carbonyl (C=O) groups is 2. The number of anilines is 1. The molecule has 0 aliphatic carbocycles. The number of rotatable bonds is 8. The molecule has 0 saturated carbocycles. The Bertz CT molecular complexity index is 1530. The van der Waals surface area contributed by atoms with E-state index in [4.69, 9.17) is 4.74 Å². The van der Waals surface area contributed by atoms with Gasteiger partial charge in [0.1, 0.15) is 5.65 Å². The van der Waals surface area contributed by atoms with E-state index < -0.39 is 5.97 Å². The molecule has 0 aliphatic rings. The molecule has 186 valence electrons. The summed E-state index contributed by atoms with van der Waals surface area (Å²) in [7, 11) is 3.85. The first-order valence-electron chi connectivity index (χ1n) is 11.5. The van der Waals surface area contributed by atoms with Crippen molar-refractivity contribution in [1.29, 1.82) is 5.26 Å². The SMILES string of the molecule is CC(=O)OCn1cc(-c2cccc(C#N)c2)c2cc(-c3cncc(NC(=O)C=CCN(C)C)c3)cnc21. The predicted octanol–water partition coefficient (Wildman–Crippen LogP) is 4.21. The van der Waals surface area contributed by atoms with E-state index in [9.17, 15) is 14.9 Å². The normalized spacial score (nSPS) is 11.1. The highest BCUT2D eigenvalue weighted by molar-refractivity contribution is 6.00. The fourth-order valence-corrected chi connectivity index (χ4v) is 3.79. The predicted molar refractivity (Wildman–Crippen MR) is 141 cm³/mol. The molecule has 9 heteroatoms. The Morgan fingerprint density at radius 2 is 1.95 bits per heavy atom. The van der Waals surface area contributed by atoms with Crippen molar-refractivity contribution in [2.75, 3.05) is 26.0 Å². The van der Waals surface area contributed by atoms with Crippen molar-refractivity contribution in [3.63, 3.8) is 0 Å². The largest absolute Gasteiger partial charge is 0.444 e. The van der Waals surface area contributed by atoms with Crippen LogP contribution < -0.4 is 5.32 Å². The number of nitrogens with one attached hydrogen (secondary N) is 1. The molecule has 4 aromatic rings. The van der Waals surface area contributed by atoms with Crippen LogP contribution in [0.3, 0.4) is 0 Å². The van der Waals surface area contributed by atoms with Gasteiger partial charge < -0.3 is 15.0 Å². The Morgan fingerprint density at radius 3 is 2.70 bits per heavy atom. The lowest BCUT2D eigenvalue weighted by molar-refractivity contribution is -0.144. The second-order valence-electron chi connectivity index (χ2n) is 8.68. The highest BCUT2D eigenvalue weighted by atomic mass is 16.5. The molecule has 0 radical (unpaired) electrons. The number of aromatic nitrogens is 3. The van der Waals surface area contributed by atoms with Crippen LogP contribution in [0.5, 0.6) is 0 Å². The van der Waals surface area contributed by atoms with Crippen LogP contribution in [0.2, 0.25) is 0 Å². The van der Waals surface area contributed by atoms with Crippen molar-refractivity contribution in [2.24, 2.45) is 0 Å². The molecule has 1 aromatic carbocycles. The lowest BCUT2D eigenvalue weighted by Crippen LogP contribution is -2.13. The maximum absolute atomic E-state index is 12.3. The van der Waals surface area contributed by atoms with Crippen LogP contribution in [0.1, 0.15) is 12.5 Å². The van der Waals surface area contributed by atoms with Gasteiger partial charge in [0.25, 0.3) is 0 Å². The van der Waals surface area contributed by atoms with Crippen LogP contribution >= 0.6 is 0 Å². The standard InChI is InChI=1S/C28H26N6O3/c1-19(35)37-18-34-17-26(21-7-4-6-20(10-21)13-29)25-12-23(15-31-28(25)34)22-11-24(16-30-14-22)32-27(36)8-5-9-33(2)3/h4-8,10-12,14-17H,9,18H2,1-3H3,(H,32,36). The number of amides is 1. The summed E-state index contributed by atoms with van der Waals surface area (Å²) in [6.45, 7) is 2.03. The molecule has 9 nitrogen and oxygen atoms in total. The van der Waals surface area contributed by atoms with Gasteiger partial charge in [0, 0.05) is 60.2 Å². The first-order chi connectivity index (χ1) is 17.8. The Balaban J connectivity index is 1.71. The fourth-order valence-electron chi connectivity index (χ4n) is 3.79. The number of benzene rings is 1. The quantitative estimate of drug-likeness (QED) is 0.288. The molecule has 0 unspecified atom stereocenters. The molecule has 0 fully saturated rings. The molecule has 3 heterocycles. The highest BCUT2D eigenvalue weighted by Gasteiger charge is 2.15. The Hall–Kier alpha value is -4.81. The average molecular weight is 495 g/mol. The number of likely N-dealkylation sites (N-methyl/N-ethyl adjacent to an activating group) is 1. The van der Waals surface area contributed by atoms with Gasteiger partial charge in [-0.2, -0.15) is 5.26 Å². The number of fused-ring (bicyclic) bond motifs is 1. The summed E-state index contributed by atoms with van der Waals surface area (Å²) < 4.78 is 6.97. The fraction of sp³-hybridized carbons (Fsp3) is 0.179. The first-order valence-corrected chi connectivity index (χ1v) is 11.5. The second-order valence-corrected chi connectivity index (χ2v) is 8.68. The number of nitrogens with zero attached hydrogens (tertiary/aromatic N) is 5. The molecule has 1 N–H and O–H groups in total. The third kappa shape index (κ3) is 6.25. The molecular weight excluding hydrogens is 468 g/mol. The Kier molecular flexibility index (Phi) is 7.71. The summed E-state index contributed by atoms with van der Waals surface area (Å²) >= 11 is 0. The number of carbonyl (C=O) groups excluding carboxylic acids is 2. The Labute approximate surface area is 214 Å². The molecule has 1 amide bonds. The van der Waals surface area contributed by atoms with Gasteiger partial charge in [0.2, 0.25) is 5.91 Å². The maximum atomic E-state index is 12.3.